The summed E-state index contributed by atoms with van der Waals surface area (Å²) in [5, 5.41) is 5.61. The predicted molar refractivity (Wildman–Crippen MR) is 116 cm³/mol. The summed E-state index contributed by atoms with van der Waals surface area (Å²) in [5.74, 6) is 0.0940. The first-order chi connectivity index (χ1) is 14.1. The summed E-state index contributed by atoms with van der Waals surface area (Å²) >= 11 is 0. The molecule has 0 heterocycles. The first-order valence-corrected chi connectivity index (χ1v) is 9.16. The van der Waals surface area contributed by atoms with E-state index in [1.54, 1.807) is 49.6 Å². The maximum Gasteiger partial charge on any atom is 0.255 e. The lowest BCUT2D eigenvalue weighted by atomic mass is 10.1. The Balaban J connectivity index is 1.61. The van der Waals surface area contributed by atoms with Crippen molar-refractivity contribution in [1.29, 1.82) is 0 Å². The maximum absolute atomic E-state index is 12.4. The molecule has 0 bridgehead atoms. The quantitative estimate of drug-likeness (QED) is 0.592. The highest BCUT2D eigenvalue weighted by molar-refractivity contribution is 6.06. The molecule has 5 nitrogen and oxygen atoms in total. The largest absolute Gasteiger partial charge is 0.495 e. The zero-order valence-corrected chi connectivity index (χ0v) is 16.3. The smallest absolute Gasteiger partial charge is 0.255 e. The van der Waals surface area contributed by atoms with Gasteiger partial charge in [0.05, 0.1) is 12.8 Å². The van der Waals surface area contributed by atoms with E-state index in [0.717, 1.165) is 11.1 Å². The Labute approximate surface area is 170 Å². The highest BCUT2D eigenvalue weighted by Crippen LogP contribution is 2.23. The molecule has 0 saturated heterocycles. The number of carbonyl (C=O) groups excluding carboxylic acids is 2. The fourth-order valence-electron chi connectivity index (χ4n) is 2.77. The van der Waals surface area contributed by atoms with E-state index in [1.165, 1.54) is 6.08 Å². The lowest BCUT2D eigenvalue weighted by molar-refractivity contribution is -0.111. The first kappa shape index (κ1) is 19.9. The number of hydrogen-bond donors (Lipinski definition) is 2. The lowest BCUT2D eigenvalue weighted by Gasteiger charge is -2.10. The van der Waals surface area contributed by atoms with Gasteiger partial charge in [-0.3, -0.25) is 9.59 Å². The summed E-state index contributed by atoms with van der Waals surface area (Å²) in [6.45, 7) is 1.99. The summed E-state index contributed by atoms with van der Waals surface area (Å²) in [4.78, 5) is 24.6. The third-order valence-electron chi connectivity index (χ3n) is 4.37. The van der Waals surface area contributed by atoms with Crippen molar-refractivity contribution in [2.75, 3.05) is 17.7 Å². The number of methoxy groups -OCH3 is 1. The number of anilines is 2. The molecule has 0 fully saturated rings. The molecule has 0 spiro atoms. The van der Waals surface area contributed by atoms with E-state index in [4.69, 9.17) is 4.74 Å². The van der Waals surface area contributed by atoms with E-state index in [2.05, 4.69) is 10.6 Å². The number of ether oxygens (including phenoxy) is 1. The van der Waals surface area contributed by atoms with E-state index in [0.29, 0.717) is 22.7 Å². The first-order valence-electron chi connectivity index (χ1n) is 9.16. The van der Waals surface area contributed by atoms with Gasteiger partial charge in [-0.25, -0.2) is 0 Å². The Morgan fingerprint density at radius 1 is 0.862 bits per heavy atom. The van der Waals surface area contributed by atoms with Crippen molar-refractivity contribution < 1.29 is 14.3 Å². The van der Waals surface area contributed by atoms with E-state index in [-0.39, 0.29) is 11.8 Å². The van der Waals surface area contributed by atoms with Gasteiger partial charge in [0.2, 0.25) is 5.91 Å². The molecule has 3 rings (SSSR count). The second-order valence-corrected chi connectivity index (χ2v) is 6.41. The third kappa shape index (κ3) is 5.32. The van der Waals surface area contributed by atoms with Crippen molar-refractivity contribution in [3.63, 3.8) is 0 Å². The van der Waals surface area contributed by atoms with Crippen molar-refractivity contribution in [1.82, 2.24) is 0 Å². The van der Waals surface area contributed by atoms with Crippen LogP contribution in [0.4, 0.5) is 11.4 Å². The van der Waals surface area contributed by atoms with Gasteiger partial charge in [0.25, 0.3) is 5.91 Å². The van der Waals surface area contributed by atoms with Crippen LogP contribution in [-0.4, -0.2) is 18.9 Å². The number of rotatable bonds is 6. The SMILES string of the molecule is COc1ccccc1NC(=O)c1ccc(NC(=O)/C=C/c2ccccc2C)cc1. The molecule has 2 amide bonds. The van der Waals surface area contributed by atoms with Crippen LogP contribution < -0.4 is 15.4 Å². The summed E-state index contributed by atoms with van der Waals surface area (Å²) < 4.78 is 5.24. The number of amides is 2. The van der Waals surface area contributed by atoms with E-state index in [9.17, 15) is 9.59 Å². The molecule has 0 radical (unpaired) electrons. The average molecular weight is 386 g/mol. The van der Waals surface area contributed by atoms with Gasteiger partial charge in [0.1, 0.15) is 5.75 Å². The second kappa shape index (κ2) is 9.37. The topological polar surface area (TPSA) is 67.4 Å². The van der Waals surface area contributed by atoms with Crippen molar-refractivity contribution >= 4 is 29.3 Å². The molecule has 0 aromatic heterocycles. The molecule has 29 heavy (non-hydrogen) atoms. The molecule has 0 atom stereocenters. The minimum Gasteiger partial charge on any atom is -0.495 e. The Kier molecular flexibility index (Phi) is 6.43. The van der Waals surface area contributed by atoms with Crippen LogP contribution in [0, 0.1) is 6.92 Å². The normalized spacial score (nSPS) is 10.6. The van der Waals surface area contributed by atoms with Gasteiger partial charge in [-0.1, -0.05) is 36.4 Å². The zero-order chi connectivity index (χ0) is 20.6. The standard InChI is InChI=1S/C24H22N2O3/c1-17-7-3-4-8-18(17)13-16-23(27)25-20-14-11-19(12-15-20)24(28)26-21-9-5-6-10-22(21)29-2/h3-16H,1-2H3,(H,25,27)(H,26,28)/b16-13+. The van der Waals surface area contributed by atoms with Gasteiger partial charge in [-0.15, -0.1) is 0 Å². The number of carbonyl (C=O) groups is 2. The number of hydrogen-bond acceptors (Lipinski definition) is 3. The molecule has 0 aliphatic carbocycles. The molecule has 0 saturated carbocycles. The van der Waals surface area contributed by atoms with Gasteiger partial charge in [0, 0.05) is 17.3 Å². The molecule has 5 heteroatoms. The Hall–Kier alpha value is -3.86. The number of benzene rings is 3. The fraction of sp³-hybridized carbons (Fsp3) is 0.0833. The van der Waals surface area contributed by atoms with Crippen molar-refractivity contribution in [3.05, 3.63) is 95.6 Å². The van der Waals surface area contributed by atoms with Crippen LogP contribution in [0.5, 0.6) is 5.75 Å². The van der Waals surface area contributed by atoms with Gasteiger partial charge in [-0.05, 0) is 60.5 Å². The highest BCUT2D eigenvalue weighted by Gasteiger charge is 2.09. The van der Waals surface area contributed by atoms with Crippen LogP contribution in [-0.2, 0) is 4.79 Å². The van der Waals surface area contributed by atoms with Crippen LogP contribution in [0.25, 0.3) is 6.08 Å². The number of aryl methyl sites for hydroxylation is 1. The van der Waals surface area contributed by atoms with E-state index in [1.807, 2.05) is 43.3 Å². The van der Waals surface area contributed by atoms with Gasteiger partial charge in [-0.2, -0.15) is 0 Å². The molecule has 146 valence electrons. The van der Waals surface area contributed by atoms with Crippen LogP contribution in [0.3, 0.4) is 0 Å². The number of para-hydroxylation sites is 2. The molecule has 2 N–H and O–H groups in total. The number of nitrogens with one attached hydrogen (secondary N) is 2. The molecule has 3 aromatic rings. The Morgan fingerprint density at radius 3 is 2.28 bits per heavy atom. The third-order valence-corrected chi connectivity index (χ3v) is 4.37. The van der Waals surface area contributed by atoms with Crippen LogP contribution >= 0.6 is 0 Å². The summed E-state index contributed by atoms with van der Waals surface area (Å²) in [6, 6.07) is 21.7. The van der Waals surface area contributed by atoms with E-state index >= 15 is 0 Å². The lowest BCUT2D eigenvalue weighted by Crippen LogP contribution is -2.13. The maximum atomic E-state index is 12.4. The van der Waals surface area contributed by atoms with Crippen LogP contribution in [0.1, 0.15) is 21.5 Å². The molecular weight excluding hydrogens is 364 g/mol. The van der Waals surface area contributed by atoms with E-state index < -0.39 is 0 Å². The Bertz CT molecular complexity index is 1040. The Morgan fingerprint density at radius 2 is 1.55 bits per heavy atom. The second-order valence-electron chi connectivity index (χ2n) is 6.41. The van der Waals surface area contributed by atoms with Gasteiger partial charge in [0.15, 0.2) is 0 Å². The zero-order valence-electron chi connectivity index (χ0n) is 16.3. The molecule has 0 unspecified atom stereocenters. The predicted octanol–water partition coefficient (Wildman–Crippen LogP) is 4.91. The van der Waals surface area contributed by atoms with Crippen molar-refractivity contribution in [2.45, 2.75) is 6.92 Å². The van der Waals surface area contributed by atoms with Crippen LogP contribution in [0.15, 0.2) is 78.9 Å². The van der Waals surface area contributed by atoms with Crippen LogP contribution in [0.2, 0.25) is 0 Å². The molecule has 0 aliphatic heterocycles. The highest BCUT2D eigenvalue weighted by atomic mass is 16.5. The summed E-state index contributed by atoms with van der Waals surface area (Å²) in [5.41, 5.74) is 3.77. The summed E-state index contributed by atoms with van der Waals surface area (Å²) in [7, 11) is 1.55. The van der Waals surface area contributed by atoms with Crippen molar-refractivity contribution in [3.8, 4) is 5.75 Å². The average Bonchev–Trinajstić information content (AvgIpc) is 2.74. The summed E-state index contributed by atoms with van der Waals surface area (Å²) in [6.07, 6.45) is 3.27. The fourth-order valence-corrected chi connectivity index (χ4v) is 2.77. The molecule has 0 aliphatic rings. The minimum atomic E-state index is -0.258. The molecular formula is C24H22N2O3. The minimum absolute atomic E-state index is 0.237. The molecule has 3 aromatic carbocycles. The van der Waals surface area contributed by atoms with Gasteiger partial charge >= 0.3 is 0 Å². The van der Waals surface area contributed by atoms with Gasteiger partial charge < -0.3 is 15.4 Å². The monoisotopic (exact) mass is 386 g/mol. The van der Waals surface area contributed by atoms with Crippen molar-refractivity contribution in [2.24, 2.45) is 0 Å².